The Bertz CT molecular complexity index is 601. The van der Waals surface area contributed by atoms with Gasteiger partial charge in [-0.1, -0.05) is 19.1 Å². The van der Waals surface area contributed by atoms with Crippen LogP contribution in [0, 0.1) is 0 Å². The minimum absolute atomic E-state index is 0.0801. The Labute approximate surface area is 126 Å². The summed E-state index contributed by atoms with van der Waals surface area (Å²) in [6, 6.07) is 11.1. The lowest BCUT2D eigenvalue weighted by Crippen LogP contribution is -2.42. The first-order chi connectivity index (χ1) is 10.3. The number of pyridine rings is 1. The first kappa shape index (κ1) is 14.5. The fraction of sp³-hybridized carbons (Fsp3) is 0.500. The largest absolute Gasteiger partial charge is 0.378 e. The van der Waals surface area contributed by atoms with Crippen molar-refractivity contribution in [1.29, 1.82) is 0 Å². The van der Waals surface area contributed by atoms with Gasteiger partial charge >= 0.3 is 0 Å². The molecule has 0 spiro atoms. The van der Waals surface area contributed by atoms with E-state index in [2.05, 4.69) is 41.5 Å². The first-order valence-corrected chi connectivity index (χ1v) is 7.89. The highest BCUT2D eigenvalue weighted by Gasteiger charge is 2.39. The van der Waals surface area contributed by atoms with Crippen LogP contribution in [0.4, 0.5) is 0 Å². The molecule has 0 radical (unpaired) electrons. The molecule has 2 aromatic rings. The lowest BCUT2D eigenvalue weighted by atomic mass is 9.74. The quantitative estimate of drug-likeness (QED) is 0.875. The number of nitrogens with one attached hydrogen (secondary N) is 1. The van der Waals surface area contributed by atoms with E-state index in [4.69, 9.17) is 4.74 Å². The number of aromatic nitrogens is 1. The van der Waals surface area contributed by atoms with Crippen LogP contribution in [-0.4, -0.2) is 24.2 Å². The highest BCUT2D eigenvalue weighted by molar-refractivity contribution is 5.79. The number of benzene rings is 1. The maximum atomic E-state index is 5.81. The average molecular weight is 284 g/mol. The van der Waals surface area contributed by atoms with Crippen LogP contribution in [-0.2, 0) is 4.74 Å². The van der Waals surface area contributed by atoms with Gasteiger partial charge in [-0.25, -0.2) is 0 Å². The molecule has 112 valence electrons. The van der Waals surface area contributed by atoms with Crippen LogP contribution in [0.25, 0.3) is 10.9 Å². The maximum Gasteiger partial charge on any atom is 0.0702 e. The van der Waals surface area contributed by atoms with Gasteiger partial charge < -0.3 is 10.1 Å². The second-order valence-electron chi connectivity index (χ2n) is 6.01. The molecule has 1 saturated carbocycles. The van der Waals surface area contributed by atoms with E-state index in [0.29, 0.717) is 6.04 Å². The third-order valence-electron chi connectivity index (χ3n) is 4.75. The summed E-state index contributed by atoms with van der Waals surface area (Å²) in [6.45, 7) is 3.13. The van der Waals surface area contributed by atoms with Crippen LogP contribution in [0.3, 0.4) is 0 Å². The number of methoxy groups -OCH3 is 1. The van der Waals surface area contributed by atoms with Crippen LogP contribution in [0.1, 0.15) is 44.2 Å². The topological polar surface area (TPSA) is 34.1 Å². The van der Waals surface area contributed by atoms with E-state index in [1.54, 1.807) is 0 Å². The van der Waals surface area contributed by atoms with Crippen LogP contribution in [0.2, 0.25) is 0 Å². The highest BCUT2D eigenvalue weighted by atomic mass is 16.5. The van der Waals surface area contributed by atoms with Gasteiger partial charge in [0.05, 0.1) is 11.1 Å². The molecule has 1 unspecified atom stereocenters. The number of hydrogen-bond acceptors (Lipinski definition) is 3. The highest BCUT2D eigenvalue weighted by Crippen LogP contribution is 2.42. The van der Waals surface area contributed by atoms with Crippen molar-refractivity contribution in [1.82, 2.24) is 10.3 Å². The molecule has 3 rings (SSSR count). The van der Waals surface area contributed by atoms with E-state index in [1.807, 2.05) is 19.4 Å². The molecule has 1 aliphatic rings. The second-order valence-corrected chi connectivity index (χ2v) is 6.01. The zero-order valence-corrected chi connectivity index (χ0v) is 12.9. The zero-order chi connectivity index (χ0) is 14.7. The van der Waals surface area contributed by atoms with Crippen molar-refractivity contribution in [2.75, 3.05) is 13.7 Å². The smallest absolute Gasteiger partial charge is 0.0702 e. The van der Waals surface area contributed by atoms with Crippen molar-refractivity contribution in [2.24, 2.45) is 0 Å². The molecule has 3 heteroatoms. The van der Waals surface area contributed by atoms with Gasteiger partial charge in [0.1, 0.15) is 0 Å². The predicted octanol–water partition coefficient (Wildman–Crippen LogP) is 3.84. The summed E-state index contributed by atoms with van der Waals surface area (Å²) in [7, 11) is 1.85. The fourth-order valence-corrected chi connectivity index (χ4v) is 3.30. The molecule has 21 heavy (non-hydrogen) atoms. The van der Waals surface area contributed by atoms with Gasteiger partial charge in [-0.05, 0) is 56.0 Å². The number of nitrogens with zero attached hydrogens (tertiary/aromatic N) is 1. The summed E-state index contributed by atoms with van der Waals surface area (Å²) >= 11 is 0. The molecule has 0 aliphatic heterocycles. The van der Waals surface area contributed by atoms with Crippen LogP contribution in [0.5, 0.6) is 0 Å². The molecule has 0 bridgehead atoms. The summed E-state index contributed by atoms with van der Waals surface area (Å²) in [5, 5.41) is 4.83. The Morgan fingerprint density at radius 3 is 2.86 bits per heavy atom. The van der Waals surface area contributed by atoms with Crippen molar-refractivity contribution in [2.45, 2.75) is 44.2 Å². The van der Waals surface area contributed by atoms with E-state index in [9.17, 15) is 0 Å². The molecule has 0 saturated heterocycles. The first-order valence-electron chi connectivity index (χ1n) is 7.89. The minimum Gasteiger partial charge on any atom is -0.378 e. The molecule has 1 fully saturated rings. The van der Waals surface area contributed by atoms with Gasteiger partial charge in [0, 0.05) is 24.7 Å². The van der Waals surface area contributed by atoms with Crippen LogP contribution in [0.15, 0.2) is 36.5 Å². The van der Waals surface area contributed by atoms with Gasteiger partial charge in [-0.15, -0.1) is 0 Å². The number of hydrogen-bond donors (Lipinski definition) is 1. The van der Waals surface area contributed by atoms with Crippen molar-refractivity contribution < 1.29 is 4.74 Å². The van der Waals surface area contributed by atoms with Gasteiger partial charge in [0.25, 0.3) is 0 Å². The molecule has 1 atom stereocenters. The van der Waals surface area contributed by atoms with Crippen molar-refractivity contribution in [3.05, 3.63) is 42.1 Å². The van der Waals surface area contributed by atoms with Crippen molar-refractivity contribution >= 4 is 10.9 Å². The number of rotatable bonds is 6. The van der Waals surface area contributed by atoms with E-state index in [-0.39, 0.29) is 5.60 Å². The summed E-state index contributed by atoms with van der Waals surface area (Å²) in [5.41, 5.74) is 2.47. The maximum absolute atomic E-state index is 5.81. The third kappa shape index (κ3) is 2.94. The Morgan fingerprint density at radius 1 is 1.33 bits per heavy atom. The van der Waals surface area contributed by atoms with Crippen LogP contribution >= 0.6 is 0 Å². The fourth-order valence-electron chi connectivity index (χ4n) is 3.30. The second kappa shape index (κ2) is 6.12. The van der Waals surface area contributed by atoms with Crippen LogP contribution < -0.4 is 5.32 Å². The van der Waals surface area contributed by atoms with Crippen molar-refractivity contribution in [3.8, 4) is 0 Å². The summed E-state index contributed by atoms with van der Waals surface area (Å²) in [5.74, 6) is 0. The molecule has 1 aromatic heterocycles. The van der Waals surface area contributed by atoms with Crippen molar-refractivity contribution in [3.63, 3.8) is 0 Å². The summed E-state index contributed by atoms with van der Waals surface area (Å²) < 4.78 is 5.81. The monoisotopic (exact) mass is 284 g/mol. The molecular formula is C18H24N2O. The third-order valence-corrected chi connectivity index (χ3v) is 4.75. The lowest BCUT2D eigenvalue weighted by molar-refractivity contribution is -0.0837. The molecule has 3 nitrogen and oxygen atoms in total. The minimum atomic E-state index is 0.0801. The van der Waals surface area contributed by atoms with E-state index in [1.165, 1.54) is 30.2 Å². The van der Waals surface area contributed by atoms with Gasteiger partial charge in [0.15, 0.2) is 0 Å². The van der Waals surface area contributed by atoms with E-state index < -0.39 is 0 Å². The van der Waals surface area contributed by atoms with Gasteiger partial charge in [-0.2, -0.15) is 0 Å². The Kier molecular flexibility index (Phi) is 4.22. The summed E-state index contributed by atoms with van der Waals surface area (Å²) in [4.78, 5) is 4.40. The summed E-state index contributed by atoms with van der Waals surface area (Å²) in [6.07, 6.45) is 6.54. The molecule has 1 aromatic carbocycles. The Balaban J connectivity index is 1.87. The van der Waals surface area contributed by atoms with E-state index in [0.717, 1.165) is 18.5 Å². The standard InChI is InChI=1S/C18H24N2O/c1-3-19-17(13-18(21-2)9-5-10-18)15-7-8-16-14(12-15)6-4-11-20-16/h4,6-8,11-12,17,19H,3,5,9-10,13H2,1-2H3. The normalized spacial score (nSPS) is 18.4. The van der Waals surface area contributed by atoms with E-state index >= 15 is 0 Å². The Hall–Kier alpha value is -1.45. The Morgan fingerprint density at radius 2 is 2.19 bits per heavy atom. The molecule has 0 amide bonds. The molecule has 1 N–H and O–H groups in total. The number of ether oxygens (including phenoxy) is 1. The average Bonchev–Trinajstić information content (AvgIpc) is 2.49. The molecule has 1 aliphatic carbocycles. The van der Waals surface area contributed by atoms with Gasteiger partial charge in [0.2, 0.25) is 0 Å². The lowest BCUT2D eigenvalue weighted by Gasteiger charge is -2.43. The molecule has 1 heterocycles. The zero-order valence-electron chi connectivity index (χ0n) is 12.9. The number of fused-ring (bicyclic) bond motifs is 1. The SMILES string of the molecule is CCNC(CC1(OC)CCC1)c1ccc2ncccc2c1. The molecular weight excluding hydrogens is 260 g/mol. The van der Waals surface area contributed by atoms with Gasteiger partial charge in [-0.3, -0.25) is 4.98 Å². The predicted molar refractivity (Wildman–Crippen MR) is 86.4 cm³/mol.